The SMILES string of the molecule is CCC1CCCC1NCCC(O)COC. The molecule has 0 amide bonds. The molecule has 90 valence electrons. The van der Waals surface area contributed by atoms with Gasteiger partial charge in [-0.3, -0.25) is 0 Å². The fraction of sp³-hybridized carbons (Fsp3) is 1.00. The second-order valence-electron chi connectivity index (χ2n) is 4.56. The molecule has 0 heterocycles. The van der Waals surface area contributed by atoms with E-state index in [1.807, 2.05) is 0 Å². The van der Waals surface area contributed by atoms with Crippen molar-refractivity contribution in [3.05, 3.63) is 0 Å². The highest BCUT2D eigenvalue weighted by atomic mass is 16.5. The molecule has 0 radical (unpaired) electrons. The van der Waals surface area contributed by atoms with E-state index in [4.69, 9.17) is 4.74 Å². The fourth-order valence-corrected chi connectivity index (χ4v) is 2.51. The second-order valence-corrected chi connectivity index (χ2v) is 4.56. The van der Waals surface area contributed by atoms with Gasteiger partial charge in [0, 0.05) is 13.2 Å². The smallest absolute Gasteiger partial charge is 0.0785 e. The molecule has 1 saturated carbocycles. The number of rotatable bonds is 7. The molecule has 15 heavy (non-hydrogen) atoms. The third-order valence-corrected chi connectivity index (χ3v) is 3.43. The van der Waals surface area contributed by atoms with Crippen molar-refractivity contribution in [1.82, 2.24) is 5.32 Å². The monoisotopic (exact) mass is 215 g/mol. The number of aliphatic hydroxyl groups excluding tert-OH is 1. The molecule has 3 unspecified atom stereocenters. The van der Waals surface area contributed by atoms with Crippen LogP contribution in [0.25, 0.3) is 0 Å². The third kappa shape index (κ3) is 4.49. The van der Waals surface area contributed by atoms with E-state index in [0.717, 1.165) is 18.9 Å². The highest BCUT2D eigenvalue weighted by Gasteiger charge is 2.24. The lowest BCUT2D eigenvalue weighted by Crippen LogP contribution is -2.34. The number of ether oxygens (including phenoxy) is 1. The van der Waals surface area contributed by atoms with Crippen LogP contribution in [0.3, 0.4) is 0 Å². The van der Waals surface area contributed by atoms with E-state index in [-0.39, 0.29) is 6.10 Å². The lowest BCUT2D eigenvalue weighted by Gasteiger charge is -2.20. The zero-order valence-electron chi connectivity index (χ0n) is 10.0. The van der Waals surface area contributed by atoms with Gasteiger partial charge >= 0.3 is 0 Å². The first kappa shape index (κ1) is 12.9. The largest absolute Gasteiger partial charge is 0.391 e. The van der Waals surface area contributed by atoms with Crippen molar-refractivity contribution >= 4 is 0 Å². The summed E-state index contributed by atoms with van der Waals surface area (Å²) in [6.45, 7) is 3.62. The summed E-state index contributed by atoms with van der Waals surface area (Å²) in [4.78, 5) is 0. The number of nitrogens with one attached hydrogen (secondary N) is 1. The Hall–Kier alpha value is -0.120. The maximum atomic E-state index is 9.48. The molecule has 0 aliphatic heterocycles. The highest BCUT2D eigenvalue weighted by Crippen LogP contribution is 2.27. The van der Waals surface area contributed by atoms with Crippen LogP contribution in [-0.2, 0) is 4.74 Å². The Kier molecular flexibility index (Phi) is 6.22. The van der Waals surface area contributed by atoms with Gasteiger partial charge in [-0.25, -0.2) is 0 Å². The zero-order chi connectivity index (χ0) is 11.1. The van der Waals surface area contributed by atoms with E-state index in [1.54, 1.807) is 7.11 Å². The minimum absolute atomic E-state index is 0.316. The summed E-state index contributed by atoms with van der Waals surface area (Å²) in [5.74, 6) is 0.851. The maximum absolute atomic E-state index is 9.48. The quantitative estimate of drug-likeness (QED) is 0.677. The molecule has 0 bridgehead atoms. The van der Waals surface area contributed by atoms with E-state index in [2.05, 4.69) is 12.2 Å². The zero-order valence-corrected chi connectivity index (χ0v) is 10.0. The Balaban J connectivity index is 2.08. The molecule has 0 aromatic rings. The van der Waals surface area contributed by atoms with Crippen molar-refractivity contribution in [3.63, 3.8) is 0 Å². The lowest BCUT2D eigenvalue weighted by molar-refractivity contribution is 0.0587. The first-order valence-corrected chi connectivity index (χ1v) is 6.18. The minimum atomic E-state index is -0.316. The van der Waals surface area contributed by atoms with Gasteiger partial charge in [-0.15, -0.1) is 0 Å². The van der Waals surface area contributed by atoms with Crippen LogP contribution in [0.15, 0.2) is 0 Å². The summed E-state index contributed by atoms with van der Waals surface area (Å²) in [7, 11) is 1.63. The maximum Gasteiger partial charge on any atom is 0.0785 e. The molecule has 0 saturated heterocycles. The first-order chi connectivity index (χ1) is 7.27. The van der Waals surface area contributed by atoms with Gasteiger partial charge in [-0.05, 0) is 31.7 Å². The van der Waals surface area contributed by atoms with Crippen LogP contribution < -0.4 is 5.32 Å². The van der Waals surface area contributed by atoms with Crippen LogP contribution in [0.2, 0.25) is 0 Å². The normalized spacial score (nSPS) is 28.2. The summed E-state index contributed by atoms with van der Waals surface area (Å²) in [6, 6.07) is 0.685. The molecular formula is C12H25NO2. The molecule has 3 atom stereocenters. The van der Waals surface area contributed by atoms with E-state index < -0.39 is 0 Å². The Labute approximate surface area is 93.2 Å². The van der Waals surface area contributed by atoms with Crippen LogP contribution in [0.4, 0.5) is 0 Å². The van der Waals surface area contributed by atoms with Crippen LogP contribution >= 0.6 is 0 Å². The summed E-state index contributed by atoms with van der Waals surface area (Å²) in [6.07, 6.45) is 5.78. The van der Waals surface area contributed by atoms with Gasteiger partial charge in [-0.1, -0.05) is 19.8 Å². The second kappa shape index (κ2) is 7.20. The Morgan fingerprint density at radius 1 is 1.47 bits per heavy atom. The summed E-state index contributed by atoms with van der Waals surface area (Å²) in [5, 5.41) is 13.0. The summed E-state index contributed by atoms with van der Waals surface area (Å²) < 4.78 is 4.89. The average molecular weight is 215 g/mol. The van der Waals surface area contributed by atoms with Gasteiger partial charge in [0.25, 0.3) is 0 Å². The molecule has 1 aliphatic carbocycles. The minimum Gasteiger partial charge on any atom is -0.391 e. The van der Waals surface area contributed by atoms with E-state index in [1.165, 1.54) is 25.7 Å². The number of methoxy groups -OCH3 is 1. The molecule has 1 aliphatic rings. The lowest BCUT2D eigenvalue weighted by atomic mass is 10.0. The van der Waals surface area contributed by atoms with Gasteiger partial charge in [0.15, 0.2) is 0 Å². The Bertz CT molecular complexity index is 164. The van der Waals surface area contributed by atoms with Gasteiger partial charge < -0.3 is 15.2 Å². The number of aliphatic hydroxyl groups is 1. The van der Waals surface area contributed by atoms with Crippen LogP contribution in [0, 0.1) is 5.92 Å². The summed E-state index contributed by atoms with van der Waals surface area (Å²) >= 11 is 0. The number of hydrogen-bond donors (Lipinski definition) is 2. The van der Waals surface area contributed by atoms with Crippen LogP contribution in [0.5, 0.6) is 0 Å². The summed E-state index contributed by atoms with van der Waals surface area (Å²) in [5.41, 5.74) is 0. The molecule has 1 fully saturated rings. The van der Waals surface area contributed by atoms with Gasteiger partial charge in [0.05, 0.1) is 12.7 Å². The standard InChI is InChI=1S/C12H25NO2/c1-3-10-5-4-6-12(10)13-8-7-11(14)9-15-2/h10-14H,3-9H2,1-2H3. The predicted molar refractivity (Wildman–Crippen MR) is 61.9 cm³/mol. The van der Waals surface area contributed by atoms with Gasteiger partial charge in [0.2, 0.25) is 0 Å². The highest BCUT2D eigenvalue weighted by molar-refractivity contribution is 4.82. The molecular weight excluding hydrogens is 190 g/mol. The van der Waals surface area contributed by atoms with Crippen LogP contribution in [-0.4, -0.2) is 37.5 Å². The van der Waals surface area contributed by atoms with Crippen LogP contribution in [0.1, 0.15) is 39.0 Å². The van der Waals surface area contributed by atoms with E-state index in [0.29, 0.717) is 12.6 Å². The van der Waals surface area contributed by atoms with Crippen molar-refractivity contribution in [2.45, 2.75) is 51.2 Å². The van der Waals surface area contributed by atoms with Crippen molar-refractivity contribution in [2.24, 2.45) is 5.92 Å². The third-order valence-electron chi connectivity index (χ3n) is 3.43. The van der Waals surface area contributed by atoms with Gasteiger partial charge in [0.1, 0.15) is 0 Å². The predicted octanol–water partition coefficient (Wildman–Crippen LogP) is 1.55. The topological polar surface area (TPSA) is 41.5 Å². The fourth-order valence-electron chi connectivity index (χ4n) is 2.51. The molecule has 3 nitrogen and oxygen atoms in total. The van der Waals surface area contributed by atoms with Crippen molar-refractivity contribution < 1.29 is 9.84 Å². The van der Waals surface area contributed by atoms with Gasteiger partial charge in [-0.2, -0.15) is 0 Å². The van der Waals surface area contributed by atoms with E-state index >= 15 is 0 Å². The molecule has 0 aromatic carbocycles. The molecule has 1 rings (SSSR count). The first-order valence-electron chi connectivity index (χ1n) is 6.18. The van der Waals surface area contributed by atoms with Crippen molar-refractivity contribution in [3.8, 4) is 0 Å². The Morgan fingerprint density at radius 3 is 2.93 bits per heavy atom. The number of hydrogen-bond acceptors (Lipinski definition) is 3. The molecule has 0 spiro atoms. The molecule has 2 N–H and O–H groups in total. The Morgan fingerprint density at radius 2 is 2.27 bits per heavy atom. The van der Waals surface area contributed by atoms with Crippen molar-refractivity contribution in [1.29, 1.82) is 0 Å². The molecule has 3 heteroatoms. The van der Waals surface area contributed by atoms with Crippen molar-refractivity contribution in [2.75, 3.05) is 20.3 Å². The average Bonchev–Trinajstić information content (AvgIpc) is 2.66. The molecule has 0 aromatic heterocycles. The van der Waals surface area contributed by atoms with E-state index in [9.17, 15) is 5.11 Å².